The summed E-state index contributed by atoms with van der Waals surface area (Å²) in [7, 11) is 0. The minimum atomic E-state index is 0.116. The summed E-state index contributed by atoms with van der Waals surface area (Å²) >= 11 is 0. The fourth-order valence-corrected chi connectivity index (χ4v) is 2.72. The maximum Gasteiger partial charge on any atom is 0.0893 e. The van der Waals surface area contributed by atoms with Crippen LogP contribution in [0, 0.1) is 5.92 Å². The summed E-state index contributed by atoms with van der Waals surface area (Å²) in [5, 5.41) is 4.34. The molecule has 6 heteroatoms. The minimum absolute atomic E-state index is 0.116. The van der Waals surface area contributed by atoms with Gasteiger partial charge < -0.3 is 4.74 Å². The van der Waals surface area contributed by atoms with Gasteiger partial charge in [-0.05, 0) is 25.2 Å². The standard InChI is InChI=1S/C13H19N5O/c14-17-12(7-10-1-5-19-6-2-10)11-8-16-18-4-3-15-9-13(11)18/h3-4,8-10,12,17H,1-2,5-7,14H2. The Bertz CT molecular complexity index is 535. The number of hydrogen-bond acceptors (Lipinski definition) is 5. The minimum Gasteiger partial charge on any atom is -0.381 e. The zero-order chi connectivity index (χ0) is 13.1. The van der Waals surface area contributed by atoms with Gasteiger partial charge in [0.1, 0.15) is 0 Å². The largest absolute Gasteiger partial charge is 0.381 e. The Morgan fingerprint density at radius 2 is 2.26 bits per heavy atom. The van der Waals surface area contributed by atoms with E-state index in [1.54, 1.807) is 6.20 Å². The van der Waals surface area contributed by atoms with E-state index in [2.05, 4.69) is 15.5 Å². The molecule has 0 radical (unpaired) electrons. The van der Waals surface area contributed by atoms with Crippen molar-refractivity contribution in [1.82, 2.24) is 20.0 Å². The Kier molecular flexibility index (Phi) is 3.72. The van der Waals surface area contributed by atoms with E-state index in [1.807, 2.05) is 23.1 Å². The SMILES string of the molecule is NNC(CC1CCOCC1)c1cnn2ccncc12. The number of nitrogens with two attached hydrogens (primary N) is 1. The topological polar surface area (TPSA) is 77.5 Å². The van der Waals surface area contributed by atoms with Gasteiger partial charge in [0, 0.05) is 31.2 Å². The molecule has 6 nitrogen and oxygen atoms in total. The highest BCUT2D eigenvalue weighted by atomic mass is 16.5. The number of fused-ring (bicyclic) bond motifs is 1. The van der Waals surface area contributed by atoms with Crippen molar-refractivity contribution < 1.29 is 4.74 Å². The summed E-state index contributed by atoms with van der Waals surface area (Å²) in [6.45, 7) is 1.72. The molecule has 3 heterocycles. The van der Waals surface area contributed by atoms with Crippen LogP contribution in [0.3, 0.4) is 0 Å². The Balaban J connectivity index is 1.81. The van der Waals surface area contributed by atoms with Crippen LogP contribution in [0.1, 0.15) is 30.9 Å². The molecular weight excluding hydrogens is 242 g/mol. The third kappa shape index (κ3) is 2.60. The van der Waals surface area contributed by atoms with Crippen molar-refractivity contribution in [3.8, 4) is 0 Å². The molecule has 0 bridgehead atoms. The predicted octanol–water partition coefficient (Wildman–Crippen LogP) is 1.05. The van der Waals surface area contributed by atoms with Gasteiger partial charge in [-0.25, -0.2) is 4.52 Å². The van der Waals surface area contributed by atoms with Gasteiger partial charge in [0.15, 0.2) is 0 Å². The van der Waals surface area contributed by atoms with Gasteiger partial charge >= 0.3 is 0 Å². The van der Waals surface area contributed by atoms with Crippen LogP contribution in [-0.4, -0.2) is 27.8 Å². The van der Waals surface area contributed by atoms with E-state index in [4.69, 9.17) is 10.6 Å². The molecule has 1 unspecified atom stereocenters. The molecule has 0 saturated carbocycles. The summed E-state index contributed by atoms with van der Waals surface area (Å²) in [5.41, 5.74) is 5.05. The van der Waals surface area contributed by atoms with Crippen LogP contribution in [0.5, 0.6) is 0 Å². The smallest absolute Gasteiger partial charge is 0.0893 e. The fraction of sp³-hybridized carbons (Fsp3) is 0.538. The number of ether oxygens (including phenoxy) is 1. The van der Waals surface area contributed by atoms with Gasteiger partial charge in [-0.2, -0.15) is 5.10 Å². The first-order valence-corrected chi connectivity index (χ1v) is 6.69. The lowest BCUT2D eigenvalue weighted by molar-refractivity contribution is 0.0605. The molecule has 2 aromatic rings. The second-order valence-electron chi connectivity index (χ2n) is 5.02. The molecule has 1 aliphatic heterocycles. The lowest BCUT2D eigenvalue weighted by Crippen LogP contribution is -2.31. The number of aromatic nitrogens is 3. The van der Waals surface area contributed by atoms with Gasteiger partial charge in [-0.3, -0.25) is 16.3 Å². The third-order valence-corrected chi connectivity index (χ3v) is 3.84. The molecule has 0 spiro atoms. The quantitative estimate of drug-likeness (QED) is 0.635. The van der Waals surface area contributed by atoms with Crippen molar-refractivity contribution in [2.45, 2.75) is 25.3 Å². The van der Waals surface area contributed by atoms with Gasteiger partial charge in [0.25, 0.3) is 0 Å². The first kappa shape index (κ1) is 12.5. The normalized spacial score (nSPS) is 18.8. The van der Waals surface area contributed by atoms with Crippen molar-refractivity contribution >= 4 is 5.52 Å². The van der Waals surface area contributed by atoms with Gasteiger partial charge in [0.05, 0.1) is 24.0 Å². The van der Waals surface area contributed by atoms with E-state index in [0.717, 1.165) is 43.6 Å². The molecule has 1 saturated heterocycles. The lowest BCUT2D eigenvalue weighted by atomic mass is 9.90. The van der Waals surface area contributed by atoms with E-state index in [1.165, 1.54) is 0 Å². The first-order valence-electron chi connectivity index (χ1n) is 6.69. The van der Waals surface area contributed by atoms with Crippen molar-refractivity contribution in [3.63, 3.8) is 0 Å². The van der Waals surface area contributed by atoms with Crippen LogP contribution in [0.25, 0.3) is 5.52 Å². The van der Waals surface area contributed by atoms with Gasteiger partial charge in [0.2, 0.25) is 0 Å². The van der Waals surface area contributed by atoms with Crippen molar-refractivity contribution in [3.05, 3.63) is 30.4 Å². The average Bonchev–Trinajstić information content (AvgIpc) is 2.90. The highest BCUT2D eigenvalue weighted by Crippen LogP contribution is 2.28. The molecular formula is C13H19N5O. The molecule has 1 aliphatic rings. The Labute approximate surface area is 111 Å². The summed E-state index contributed by atoms with van der Waals surface area (Å²) < 4.78 is 7.23. The monoisotopic (exact) mass is 261 g/mol. The summed E-state index contributed by atoms with van der Waals surface area (Å²) in [4.78, 5) is 4.16. The summed E-state index contributed by atoms with van der Waals surface area (Å²) in [6.07, 6.45) is 10.5. The van der Waals surface area contributed by atoms with Crippen molar-refractivity contribution in [2.24, 2.45) is 11.8 Å². The van der Waals surface area contributed by atoms with Crippen molar-refractivity contribution in [2.75, 3.05) is 13.2 Å². The van der Waals surface area contributed by atoms with E-state index < -0.39 is 0 Å². The molecule has 3 rings (SSSR count). The van der Waals surface area contributed by atoms with E-state index in [-0.39, 0.29) is 6.04 Å². The second kappa shape index (κ2) is 5.64. The molecule has 1 atom stereocenters. The van der Waals surface area contributed by atoms with Crippen LogP contribution < -0.4 is 11.3 Å². The molecule has 0 aromatic carbocycles. The summed E-state index contributed by atoms with van der Waals surface area (Å²) in [5.74, 6) is 6.39. The molecule has 2 aromatic heterocycles. The van der Waals surface area contributed by atoms with E-state index in [0.29, 0.717) is 5.92 Å². The number of nitrogens with zero attached hydrogens (tertiary/aromatic N) is 3. The molecule has 0 amide bonds. The number of hydrazine groups is 1. The molecule has 3 N–H and O–H groups in total. The lowest BCUT2D eigenvalue weighted by Gasteiger charge is -2.26. The maximum absolute atomic E-state index is 5.73. The van der Waals surface area contributed by atoms with Crippen LogP contribution in [0.15, 0.2) is 24.8 Å². The average molecular weight is 261 g/mol. The molecule has 1 fully saturated rings. The first-order chi connectivity index (χ1) is 9.38. The van der Waals surface area contributed by atoms with E-state index in [9.17, 15) is 0 Å². The molecule has 0 aliphatic carbocycles. The number of nitrogens with one attached hydrogen (secondary N) is 1. The Hall–Kier alpha value is -1.50. The molecule has 19 heavy (non-hydrogen) atoms. The third-order valence-electron chi connectivity index (χ3n) is 3.84. The molecule has 102 valence electrons. The fourth-order valence-electron chi connectivity index (χ4n) is 2.72. The van der Waals surface area contributed by atoms with Crippen LogP contribution >= 0.6 is 0 Å². The van der Waals surface area contributed by atoms with Gasteiger partial charge in [-0.1, -0.05) is 0 Å². The maximum atomic E-state index is 5.73. The van der Waals surface area contributed by atoms with Crippen molar-refractivity contribution in [1.29, 1.82) is 0 Å². The van der Waals surface area contributed by atoms with Gasteiger partial charge in [-0.15, -0.1) is 0 Å². The highest BCUT2D eigenvalue weighted by Gasteiger charge is 2.22. The van der Waals surface area contributed by atoms with Crippen LogP contribution in [-0.2, 0) is 4.74 Å². The van der Waals surface area contributed by atoms with Crippen LogP contribution in [0.2, 0.25) is 0 Å². The number of hydrogen-bond donors (Lipinski definition) is 2. The number of rotatable bonds is 4. The van der Waals surface area contributed by atoms with E-state index >= 15 is 0 Å². The highest BCUT2D eigenvalue weighted by molar-refractivity contribution is 5.53. The predicted molar refractivity (Wildman–Crippen MR) is 71.2 cm³/mol. The Morgan fingerprint density at radius 1 is 1.42 bits per heavy atom. The van der Waals surface area contributed by atoms with Crippen LogP contribution in [0.4, 0.5) is 0 Å². The second-order valence-corrected chi connectivity index (χ2v) is 5.02. The zero-order valence-corrected chi connectivity index (χ0v) is 10.8. The Morgan fingerprint density at radius 3 is 3.05 bits per heavy atom. The summed E-state index contributed by atoms with van der Waals surface area (Å²) in [6, 6.07) is 0.116. The zero-order valence-electron chi connectivity index (χ0n) is 10.8.